The number of amides is 1. The van der Waals surface area contributed by atoms with E-state index in [9.17, 15) is 19.2 Å². The van der Waals surface area contributed by atoms with Crippen LogP contribution in [0.4, 0.5) is 0 Å². The molecule has 0 aliphatic heterocycles. The monoisotopic (exact) mass is 282 g/mol. The molecule has 110 valence electrons. The van der Waals surface area contributed by atoms with E-state index in [1.807, 2.05) is 0 Å². The normalized spacial score (nSPS) is 22.2. The van der Waals surface area contributed by atoms with Crippen molar-refractivity contribution in [3.63, 3.8) is 0 Å². The van der Waals surface area contributed by atoms with Gasteiger partial charge in [0.25, 0.3) is 0 Å². The number of carbonyl (C=O) groups is 4. The van der Waals surface area contributed by atoms with E-state index in [2.05, 4.69) is 5.32 Å². The largest absolute Gasteiger partial charge is 0.480 e. The molecule has 1 aliphatic rings. The summed E-state index contributed by atoms with van der Waals surface area (Å²) in [5, 5.41) is 11.3. The van der Waals surface area contributed by atoms with E-state index in [0.29, 0.717) is 12.7 Å². The van der Waals surface area contributed by atoms with Gasteiger partial charge in [-0.3, -0.25) is 9.59 Å². The molecule has 0 saturated heterocycles. The van der Waals surface area contributed by atoms with E-state index >= 15 is 0 Å². The molecule has 1 amide bonds. The first-order valence-electron chi connectivity index (χ1n) is 6.37. The maximum atomic E-state index is 12.0. The lowest BCUT2D eigenvalue weighted by Gasteiger charge is -2.20. The van der Waals surface area contributed by atoms with Crippen LogP contribution >= 0.6 is 0 Å². The number of nitrogens with one attached hydrogen (secondary N) is 1. The van der Waals surface area contributed by atoms with E-state index in [-0.39, 0.29) is 25.2 Å². The van der Waals surface area contributed by atoms with Crippen molar-refractivity contribution in [2.75, 3.05) is 6.54 Å². The maximum Gasteiger partial charge on any atom is 0.326 e. The Hall–Kier alpha value is -2.02. The topological polar surface area (TPSA) is 127 Å². The van der Waals surface area contributed by atoms with Crippen LogP contribution in [0.25, 0.3) is 0 Å². The van der Waals surface area contributed by atoms with Crippen LogP contribution < -0.4 is 11.1 Å². The second-order valence-corrected chi connectivity index (χ2v) is 4.61. The zero-order chi connectivity index (χ0) is 15.1. The van der Waals surface area contributed by atoms with Crippen LogP contribution in [0.5, 0.6) is 0 Å². The quantitative estimate of drug-likeness (QED) is 0.397. The Bertz CT molecular complexity index is 432. The zero-order valence-corrected chi connectivity index (χ0v) is 11.0. The van der Waals surface area contributed by atoms with Gasteiger partial charge in [0.15, 0.2) is 5.78 Å². The number of hydrogen-bond acceptors (Lipinski definition) is 5. The van der Waals surface area contributed by atoms with Crippen LogP contribution in [0.2, 0.25) is 0 Å². The number of aldehydes is 1. The summed E-state index contributed by atoms with van der Waals surface area (Å²) in [4.78, 5) is 44.9. The number of hydrogen-bond donors (Lipinski definition) is 3. The molecule has 0 aromatic heterocycles. The summed E-state index contributed by atoms with van der Waals surface area (Å²) in [6.45, 7) is -0.149. The molecule has 0 aromatic rings. The number of allylic oxidation sites excluding steroid dienone is 1. The lowest BCUT2D eigenvalue weighted by atomic mass is 9.90. The molecule has 1 unspecified atom stereocenters. The summed E-state index contributed by atoms with van der Waals surface area (Å²) in [5.41, 5.74) is 5.29. The average molecular weight is 282 g/mol. The van der Waals surface area contributed by atoms with Crippen LogP contribution in [0.15, 0.2) is 12.2 Å². The summed E-state index contributed by atoms with van der Waals surface area (Å²) in [6, 6.07) is -1.13. The average Bonchev–Trinajstić information content (AvgIpc) is 2.91. The van der Waals surface area contributed by atoms with Crippen molar-refractivity contribution < 1.29 is 24.3 Å². The molecule has 7 nitrogen and oxygen atoms in total. The smallest absolute Gasteiger partial charge is 0.326 e. The van der Waals surface area contributed by atoms with Crippen LogP contribution in [0.1, 0.15) is 19.3 Å². The molecule has 0 saturated carbocycles. The molecular weight excluding hydrogens is 264 g/mol. The predicted octanol–water partition coefficient (Wildman–Crippen LogP) is -0.745. The van der Waals surface area contributed by atoms with Gasteiger partial charge in [-0.1, -0.05) is 12.2 Å². The molecule has 4 N–H and O–H groups in total. The van der Waals surface area contributed by atoms with E-state index < -0.39 is 29.8 Å². The van der Waals surface area contributed by atoms with Crippen molar-refractivity contribution in [1.82, 2.24) is 5.32 Å². The molecule has 3 atom stereocenters. The maximum absolute atomic E-state index is 12.0. The van der Waals surface area contributed by atoms with E-state index in [1.54, 1.807) is 12.2 Å². The third-order valence-electron chi connectivity index (χ3n) is 3.27. The Morgan fingerprint density at radius 1 is 1.45 bits per heavy atom. The number of carboxylic acid groups (broad SMARTS) is 1. The van der Waals surface area contributed by atoms with E-state index in [1.165, 1.54) is 0 Å². The minimum Gasteiger partial charge on any atom is -0.480 e. The number of aliphatic carboxylic acids is 1. The molecular formula is C13H18N2O5. The molecule has 0 fully saturated rings. The van der Waals surface area contributed by atoms with Gasteiger partial charge in [0.2, 0.25) is 5.91 Å². The van der Waals surface area contributed by atoms with Crippen LogP contribution in [0.3, 0.4) is 0 Å². The minimum absolute atomic E-state index is 0.0243. The number of carboxylic acids is 1. The van der Waals surface area contributed by atoms with Crippen molar-refractivity contribution in [3.05, 3.63) is 12.2 Å². The highest BCUT2D eigenvalue weighted by atomic mass is 16.4. The van der Waals surface area contributed by atoms with Crippen LogP contribution in [-0.4, -0.2) is 41.6 Å². The van der Waals surface area contributed by atoms with Gasteiger partial charge >= 0.3 is 5.97 Å². The lowest BCUT2D eigenvalue weighted by Crippen LogP contribution is -2.45. The first-order valence-corrected chi connectivity index (χ1v) is 6.37. The number of rotatable bonds is 8. The number of carbonyl (C=O) groups excluding carboxylic acids is 3. The Balaban J connectivity index is 2.68. The van der Waals surface area contributed by atoms with Gasteiger partial charge in [0.1, 0.15) is 12.3 Å². The number of ketones is 1. The van der Waals surface area contributed by atoms with Gasteiger partial charge in [0, 0.05) is 12.3 Å². The van der Waals surface area contributed by atoms with Gasteiger partial charge in [-0.2, -0.15) is 0 Å². The lowest BCUT2D eigenvalue weighted by molar-refractivity contribution is -0.142. The SMILES string of the molecule is NCC(=O)C1CC=C[C@H]1C(=O)N[C@@H](CCC=O)C(=O)O. The Kier molecular flexibility index (Phi) is 6.05. The molecule has 1 rings (SSSR count). The number of nitrogens with two attached hydrogens (primary N) is 1. The summed E-state index contributed by atoms with van der Waals surface area (Å²) in [6.07, 6.45) is 4.40. The summed E-state index contributed by atoms with van der Waals surface area (Å²) in [7, 11) is 0. The molecule has 0 bridgehead atoms. The highest BCUT2D eigenvalue weighted by molar-refractivity contribution is 5.93. The fourth-order valence-electron chi connectivity index (χ4n) is 2.17. The van der Waals surface area contributed by atoms with Gasteiger partial charge in [-0.15, -0.1) is 0 Å². The fourth-order valence-corrected chi connectivity index (χ4v) is 2.17. The van der Waals surface area contributed by atoms with Gasteiger partial charge in [-0.25, -0.2) is 4.79 Å². The van der Waals surface area contributed by atoms with Crippen molar-refractivity contribution in [1.29, 1.82) is 0 Å². The highest BCUT2D eigenvalue weighted by Crippen LogP contribution is 2.26. The first kappa shape index (κ1) is 16.0. The predicted molar refractivity (Wildman–Crippen MR) is 69.7 cm³/mol. The third-order valence-corrected chi connectivity index (χ3v) is 3.27. The third kappa shape index (κ3) is 3.99. The summed E-state index contributed by atoms with van der Waals surface area (Å²) in [5.74, 6) is -3.17. The standard InChI is InChI=1S/C13H18N2O5/c14-7-11(17)8-3-1-4-9(8)12(18)15-10(13(19)20)5-2-6-16/h1,4,6,8-10H,2-3,5,7,14H2,(H,15,18)(H,19,20)/t8?,9-,10+/m1/s1. The number of Topliss-reactive ketones (excluding diaryl/α,β-unsaturated/α-hetero) is 1. The molecule has 0 aromatic carbocycles. The minimum atomic E-state index is -1.20. The second kappa shape index (κ2) is 7.54. The zero-order valence-electron chi connectivity index (χ0n) is 11.0. The van der Waals surface area contributed by atoms with Crippen molar-refractivity contribution >= 4 is 23.9 Å². The van der Waals surface area contributed by atoms with Gasteiger partial charge < -0.3 is 21.0 Å². The van der Waals surface area contributed by atoms with Crippen LogP contribution in [0, 0.1) is 11.8 Å². The molecule has 20 heavy (non-hydrogen) atoms. The Morgan fingerprint density at radius 2 is 2.15 bits per heavy atom. The highest BCUT2D eigenvalue weighted by Gasteiger charge is 2.35. The Labute approximate surface area is 116 Å². The van der Waals surface area contributed by atoms with Gasteiger partial charge in [-0.05, 0) is 12.8 Å². The van der Waals surface area contributed by atoms with E-state index in [4.69, 9.17) is 10.8 Å². The van der Waals surface area contributed by atoms with Crippen molar-refractivity contribution in [3.8, 4) is 0 Å². The first-order chi connectivity index (χ1) is 9.51. The summed E-state index contributed by atoms with van der Waals surface area (Å²) < 4.78 is 0. The van der Waals surface area contributed by atoms with Crippen molar-refractivity contribution in [2.45, 2.75) is 25.3 Å². The van der Waals surface area contributed by atoms with Gasteiger partial charge in [0.05, 0.1) is 12.5 Å². The van der Waals surface area contributed by atoms with Crippen LogP contribution in [-0.2, 0) is 19.2 Å². The Morgan fingerprint density at radius 3 is 2.70 bits per heavy atom. The summed E-state index contributed by atoms with van der Waals surface area (Å²) >= 11 is 0. The molecule has 1 aliphatic carbocycles. The fraction of sp³-hybridized carbons (Fsp3) is 0.538. The molecule has 0 radical (unpaired) electrons. The molecule has 0 heterocycles. The molecule has 7 heteroatoms. The van der Waals surface area contributed by atoms with E-state index in [0.717, 1.165) is 0 Å². The second-order valence-electron chi connectivity index (χ2n) is 4.61. The molecule has 0 spiro atoms. The van der Waals surface area contributed by atoms with Crippen molar-refractivity contribution in [2.24, 2.45) is 17.6 Å².